The number of aromatic nitrogens is 3. The Morgan fingerprint density at radius 1 is 1.32 bits per heavy atom. The molecule has 0 bridgehead atoms. The Labute approximate surface area is 132 Å². The van der Waals surface area contributed by atoms with Gasteiger partial charge < -0.3 is 5.32 Å². The molecule has 0 aliphatic heterocycles. The number of pyridine rings is 1. The third kappa shape index (κ3) is 3.23. The van der Waals surface area contributed by atoms with E-state index in [9.17, 15) is 4.79 Å². The van der Waals surface area contributed by atoms with Crippen molar-refractivity contribution in [3.63, 3.8) is 0 Å². The molecule has 0 radical (unpaired) electrons. The lowest BCUT2D eigenvalue weighted by Crippen LogP contribution is -2.27. The molecule has 0 unspecified atom stereocenters. The molecule has 112 valence electrons. The van der Waals surface area contributed by atoms with Crippen LogP contribution >= 0.6 is 11.3 Å². The van der Waals surface area contributed by atoms with E-state index < -0.39 is 0 Å². The molecule has 0 aliphatic rings. The van der Waals surface area contributed by atoms with E-state index in [2.05, 4.69) is 15.4 Å². The number of thiophene rings is 1. The Hall–Kier alpha value is -2.47. The highest BCUT2D eigenvalue weighted by molar-refractivity contribution is 7.13. The van der Waals surface area contributed by atoms with Crippen molar-refractivity contribution < 1.29 is 4.79 Å². The van der Waals surface area contributed by atoms with Gasteiger partial charge in [-0.25, -0.2) is 0 Å². The van der Waals surface area contributed by atoms with E-state index in [0.29, 0.717) is 18.7 Å². The molecule has 1 amide bonds. The maximum atomic E-state index is 12.2. The maximum Gasteiger partial charge on any atom is 0.269 e. The number of nitrogens with one attached hydrogen (secondary N) is 1. The number of rotatable bonds is 5. The van der Waals surface area contributed by atoms with Gasteiger partial charge in [-0.2, -0.15) is 5.10 Å². The fourth-order valence-corrected chi connectivity index (χ4v) is 2.85. The van der Waals surface area contributed by atoms with E-state index in [4.69, 9.17) is 0 Å². The van der Waals surface area contributed by atoms with Gasteiger partial charge in [0.05, 0.1) is 4.88 Å². The summed E-state index contributed by atoms with van der Waals surface area (Å²) in [5, 5.41) is 9.30. The van der Waals surface area contributed by atoms with Gasteiger partial charge in [0.15, 0.2) is 0 Å². The molecule has 0 atom stereocenters. The molecule has 0 spiro atoms. The van der Waals surface area contributed by atoms with Crippen LogP contribution in [0.1, 0.15) is 16.2 Å². The first kappa shape index (κ1) is 14.5. The highest BCUT2D eigenvalue weighted by Crippen LogP contribution is 2.23. The number of aryl methyl sites for hydroxylation is 1. The molecule has 22 heavy (non-hydrogen) atoms. The summed E-state index contributed by atoms with van der Waals surface area (Å²) in [6.45, 7) is 0.551. The SMILES string of the molecule is Cn1nc(-c2cccs2)cc1C(=O)NCCc1ccccn1. The largest absolute Gasteiger partial charge is 0.350 e. The van der Waals surface area contributed by atoms with Crippen LogP contribution < -0.4 is 5.32 Å². The smallest absolute Gasteiger partial charge is 0.269 e. The molecule has 1 N–H and O–H groups in total. The van der Waals surface area contributed by atoms with E-state index in [1.807, 2.05) is 41.8 Å². The lowest BCUT2D eigenvalue weighted by atomic mass is 10.2. The van der Waals surface area contributed by atoms with E-state index in [1.54, 1.807) is 29.3 Å². The summed E-state index contributed by atoms with van der Waals surface area (Å²) in [5.74, 6) is -0.117. The third-order valence-corrected chi connectivity index (χ3v) is 4.17. The Balaban J connectivity index is 1.63. The molecule has 0 aromatic carbocycles. The van der Waals surface area contributed by atoms with E-state index in [0.717, 1.165) is 16.3 Å². The van der Waals surface area contributed by atoms with Gasteiger partial charge in [0, 0.05) is 31.9 Å². The average molecular weight is 312 g/mol. The summed E-state index contributed by atoms with van der Waals surface area (Å²) in [6.07, 6.45) is 2.47. The zero-order chi connectivity index (χ0) is 15.4. The van der Waals surface area contributed by atoms with Crippen molar-refractivity contribution in [2.45, 2.75) is 6.42 Å². The van der Waals surface area contributed by atoms with Crippen molar-refractivity contribution in [3.8, 4) is 10.6 Å². The number of hydrogen-bond acceptors (Lipinski definition) is 4. The molecule has 0 saturated carbocycles. The highest BCUT2D eigenvalue weighted by Gasteiger charge is 2.14. The predicted octanol–water partition coefficient (Wildman–Crippen LogP) is 2.52. The zero-order valence-corrected chi connectivity index (χ0v) is 13.0. The summed E-state index contributed by atoms with van der Waals surface area (Å²) < 4.78 is 1.62. The van der Waals surface area contributed by atoms with Crippen LogP contribution in [-0.4, -0.2) is 27.2 Å². The van der Waals surface area contributed by atoms with E-state index in [-0.39, 0.29) is 5.91 Å². The highest BCUT2D eigenvalue weighted by atomic mass is 32.1. The number of carbonyl (C=O) groups excluding carboxylic acids is 1. The number of nitrogens with zero attached hydrogens (tertiary/aromatic N) is 3. The van der Waals surface area contributed by atoms with Crippen LogP contribution in [0.3, 0.4) is 0 Å². The van der Waals surface area contributed by atoms with Gasteiger partial charge in [-0.15, -0.1) is 11.3 Å². The van der Waals surface area contributed by atoms with Crippen LogP contribution in [0.5, 0.6) is 0 Å². The van der Waals surface area contributed by atoms with Crippen molar-refractivity contribution >= 4 is 17.2 Å². The normalized spacial score (nSPS) is 10.6. The second-order valence-electron chi connectivity index (χ2n) is 4.84. The Bertz CT molecular complexity index is 750. The van der Waals surface area contributed by atoms with Crippen molar-refractivity contribution in [1.29, 1.82) is 0 Å². The summed E-state index contributed by atoms with van der Waals surface area (Å²) in [5.41, 5.74) is 2.35. The molecule has 0 aliphatic carbocycles. The van der Waals surface area contributed by atoms with E-state index >= 15 is 0 Å². The molecule has 3 aromatic heterocycles. The average Bonchev–Trinajstić information content (AvgIpc) is 3.17. The molecular formula is C16H16N4OS. The zero-order valence-electron chi connectivity index (χ0n) is 12.2. The van der Waals surface area contributed by atoms with Crippen molar-refractivity contribution in [1.82, 2.24) is 20.1 Å². The van der Waals surface area contributed by atoms with Crippen LogP contribution in [0.25, 0.3) is 10.6 Å². The lowest BCUT2D eigenvalue weighted by molar-refractivity contribution is 0.0944. The van der Waals surface area contributed by atoms with Crippen LogP contribution in [0.4, 0.5) is 0 Å². The minimum atomic E-state index is -0.117. The number of amides is 1. The van der Waals surface area contributed by atoms with Gasteiger partial charge in [0.2, 0.25) is 0 Å². The van der Waals surface area contributed by atoms with Crippen molar-refractivity contribution in [2.24, 2.45) is 7.05 Å². The van der Waals surface area contributed by atoms with Crippen molar-refractivity contribution in [3.05, 3.63) is 59.4 Å². The molecule has 3 aromatic rings. The molecule has 0 fully saturated rings. The minimum Gasteiger partial charge on any atom is -0.350 e. The van der Waals surface area contributed by atoms with Gasteiger partial charge in [0.1, 0.15) is 11.4 Å². The van der Waals surface area contributed by atoms with Gasteiger partial charge in [0.25, 0.3) is 5.91 Å². The minimum absolute atomic E-state index is 0.117. The molecule has 3 heterocycles. The van der Waals surface area contributed by atoms with Gasteiger partial charge in [-0.1, -0.05) is 12.1 Å². The van der Waals surface area contributed by atoms with Crippen LogP contribution in [-0.2, 0) is 13.5 Å². The fourth-order valence-electron chi connectivity index (χ4n) is 2.17. The molecule has 3 rings (SSSR count). The summed E-state index contributed by atoms with van der Waals surface area (Å²) in [4.78, 5) is 17.5. The molecule has 0 saturated heterocycles. The topological polar surface area (TPSA) is 59.8 Å². The molecule has 6 heteroatoms. The second kappa shape index (κ2) is 6.53. The Morgan fingerprint density at radius 2 is 2.23 bits per heavy atom. The second-order valence-corrected chi connectivity index (χ2v) is 5.79. The quantitative estimate of drug-likeness (QED) is 0.787. The van der Waals surface area contributed by atoms with Gasteiger partial charge >= 0.3 is 0 Å². The first-order valence-electron chi connectivity index (χ1n) is 7.00. The Kier molecular flexibility index (Phi) is 4.29. The summed E-state index contributed by atoms with van der Waals surface area (Å²) >= 11 is 1.61. The van der Waals surface area contributed by atoms with Crippen LogP contribution in [0.15, 0.2) is 48.0 Å². The predicted molar refractivity (Wildman–Crippen MR) is 86.8 cm³/mol. The van der Waals surface area contributed by atoms with Crippen molar-refractivity contribution in [2.75, 3.05) is 6.54 Å². The summed E-state index contributed by atoms with van der Waals surface area (Å²) in [6, 6.07) is 11.6. The number of carbonyl (C=O) groups is 1. The first-order valence-corrected chi connectivity index (χ1v) is 7.88. The molecule has 5 nitrogen and oxygen atoms in total. The van der Waals surface area contributed by atoms with Crippen LogP contribution in [0, 0.1) is 0 Å². The molecular weight excluding hydrogens is 296 g/mol. The van der Waals surface area contributed by atoms with E-state index in [1.165, 1.54) is 0 Å². The van der Waals surface area contributed by atoms with Gasteiger partial charge in [-0.3, -0.25) is 14.5 Å². The fraction of sp³-hybridized carbons (Fsp3) is 0.188. The third-order valence-electron chi connectivity index (χ3n) is 3.28. The van der Waals surface area contributed by atoms with Crippen LogP contribution in [0.2, 0.25) is 0 Å². The van der Waals surface area contributed by atoms with Gasteiger partial charge in [-0.05, 0) is 29.6 Å². The maximum absolute atomic E-state index is 12.2. The first-order chi connectivity index (χ1) is 10.7. The lowest BCUT2D eigenvalue weighted by Gasteiger charge is -2.04. The summed E-state index contributed by atoms with van der Waals surface area (Å²) in [7, 11) is 1.78. The Morgan fingerprint density at radius 3 is 2.95 bits per heavy atom. The number of hydrogen-bond donors (Lipinski definition) is 1. The monoisotopic (exact) mass is 312 g/mol. The standard InChI is InChI=1S/C16H16N4OS/c1-20-14(11-13(19-20)15-6-4-10-22-15)16(21)18-9-7-12-5-2-3-8-17-12/h2-6,8,10-11H,7,9H2,1H3,(H,18,21).